The van der Waals surface area contributed by atoms with E-state index in [1.165, 1.54) is 64.4 Å². The smallest absolute Gasteiger partial charge is 0.195 e. The highest BCUT2D eigenvalue weighted by Gasteiger charge is 2.16. The van der Waals surface area contributed by atoms with E-state index in [-0.39, 0.29) is 0 Å². The van der Waals surface area contributed by atoms with Gasteiger partial charge in [0.15, 0.2) is 13.1 Å². The molecule has 4 heteroatoms. The summed E-state index contributed by atoms with van der Waals surface area (Å²) in [4.78, 5) is 0. The Morgan fingerprint density at radius 3 is 2.08 bits per heavy atom. The monoisotopic (exact) mass is 370 g/mol. The van der Waals surface area contributed by atoms with Crippen LogP contribution in [0.15, 0.2) is 0 Å². The van der Waals surface area contributed by atoms with E-state index >= 15 is 0 Å². The van der Waals surface area contributed by atoms with Crippen molar-refractivity contribution in [2.75, 3.05) is 0 Å². The molecule has 0 amide bonds. The van der Waals surface area contributed by atoms with Crippen molar-refractivity contribution < 1.29 is 0 Å². The molecule has 3 atom stereocenters. The maximum atomic E-state index is 2.43. The normalized spacial score (nSPS) is 15.5. The molecule has 0 radical (unpaired) electrons. The van der Waals surface area contributed by atoms with Crippen LogP contribution in [0.3, 0.4) is 0 Å². The van der Waals surface area contributed by atoms with Crippen LogP contribution in [0.25, 0.3) is 0 Å². The third-order valence-electron chi connectivity index (χ3n) is 5.19. The standard InChI is InChI=1S/C20H44B2S2/c1-8-11-20(22-24-18(7)9-2)13-10-12-19(16(3)4)14-15-21-23-17(5)6/h16-22H,8-15H2,1-7H3. The fourth-order valence-corrected chi connectivity index (χ4v) is 5.26. The van der Waals surface area contributed by atoms with Gasteiger partial charge in [-0.1, -0.05) is 99.1 Å². The molecule has 0 heterocycles. The van der Waals surface area contributed by atoms with E-state index in [4.69, 9.17) is 0 Å². The van der Waals surface area contributed by atoms with Gasteiger partial charge in [0.2, 0.25) is 0 Å². The average Bonchev–Trinajstić information content (AvgIpc) is 2.53. The first-order chi connectivity index (χ1) is 11.4. The molecule has 0 saturated carbocycles. The minimum absolute atomic E-state index is 0.792. The van der Waals surface area contributed by atoms with Crippen molar-refractivity contribution in [1.29, 1.82) is 0 Å². The summed E-state index contributed by atoms with van der Waals surface area (Å²) in [6.07, 6.45) is 11.3. The molecule has 0 saturated heterocycles. The minimum atomic E-state index is 0.792. The number of hydrogen-bond acceptors (Lipinski definition) is 2. The molecule has 0 nitrogen and oxygen atoms in total. The summed E-state index contributed by atoms with van der Waals surface area (Å²) in [6, 6.07) is 0. The summed E-state index contributed by atoms with van der Waals surface area (Å²) in [5, 5.41) is 1.63. The molecule has 24 heavy (non-hydrogen) atoms. The van der Waals surface area contributed by atoms with Crippen molar-refractivity contribution in [3.8, 4) is 0 Å². The lowest BCUT2D eigenvalue weighted by molar-refractivity contribution is 0.335. The largest absolute Gasteiger partial charge is 0.212 e. The highest BCUT2D eigenvalue weighted by molar-refractivity contribution is 8.23. The topological polar surface area (TPSA) is 0 Å². The van der Waals surface area contributed by atoms with Crippen molar-refractivity contribution in [3.63, 3.8) is 0 Å². The fourth-order valence-electron chi connectivity index (χ4n) is 3.28. The molecular formula is C20H44B2S2. The van der Waals surface area contributed by atoms with E-state index in [2.05, 4.69) is 71.7 Å². The molecule has 0 aromatic heterocycles. The van der Waals surface area contributed by atoms with Gasteiger partial charge in [-0.05, 0) is 28.8 Å². The Kier molecular flexibility index (Phi) is 16.6. The molecule has 3 unspecified atom stereocenters. The van der Waals surface area contributed by atoms with Gasteiger partial charge in [-0.25, -0.2) is 23.2 Å². The Bertz CT molecular complexity index is 272. The van der Waals surface area contributed by atoms with Gasteiger partial charge in [-0.2, -0.15) is 0 Å². The minimum Gasteiger partial charge on any atom is -0.212 e. The van der Waals surface area contributed by atoms with Crippen LogP contribution in [0.4, 0.5) is 0 Å². The van der Waals surface area contributed by atoms with E-state index in [9.17, 15) is 0 Å². The average molecular weight is 370 g/mol. The van der Waals surface area contributed by atoms with E-state index in [1.807, 2.05) is 0 Å². The summed E-state index contributed by atoms with van der Waals surface area (Å²) in [5.41, 5.74) is 0. The van der Waals surface area contributed by atoms with Crippen molar-refractivity contribution in [3.05, 3.63) is 0 Å². The van der Waals surface area contributed by atoms with Crippen LogP contribution in [0.5, 0.6) is 0 Å². The molecule has 0 fully saturated rings. The highest BCUT2D eigenvalue weighted by Crippen LogP contribution is 2.30. The zero-order valence-corrected chi connectivity index (χ0v) is 19.4. The zero-order valence-electron chi connectivity index (χ0n) is 17.8. The van der Waals surface area contributed by atoms with Crippen LogP contribution in [0.1, 0.15) is 93.4 Å². The van der Waals surface area contributed by atoms with Gasteiger partial charge in [-0.3, -0.25) is 0 Å². The van der Waals surface area contributed by atoms with Gasteiger partial charge < -0.3 is 0 Å². The van der Waals surface area contributed by atoms with Crippen molar-refractivity contribution >= 4 is 36.3 Å². The molecule has 0 bridgehead atoms. The summed E-state index contributed by atoms with van der Waals surface area (Å²) < 4.78 is 0. The summed E-state index contributed by atoms with van der Waals surface area (Å²) >= 11 is 4.34. The first kappa shape index (κ1) is 24.8. The lowest BCUT2D eigenvalue weighted by atomic mass is 9.76. The van der Waals surface area contributed by atoms with Crippen LogP contribution >= 0.6 is 23.2 Å². The summed E-state index contributed by atoms with van der Waals surface area (Å²) in [5.74, 6) is 2.76. The molecule has 0 aromatic carbocycles. The van der Waals surface area contributed by atoms with Crippen LogP contribution < -0.4 is 0 Å². The lowest BCUT2D eigenvalue weighted by Gasteiger charge is -2.23. The van der Waals surface area contributed by atoms with E-state index in [1.54, 1.807) is 0 Å². The molecular weight excluding hydrogens is 326 g/mol. The van der Waals surface area contributed by atoms with Gasteiger partial charge >= 0.3 is 0 Å². The molecule has 0 aliphatic rings. The van der Waals surface area contributed by atoms with Crippen LogP contribution in [-0.2, 0) is 0 Å². The maximum Gasteiger partial charge on any atom is 0.195 e. The molecule has 0 N–H and O–H groups in total. The molecule has 0 aliphatic heterocycles. The van der Waals surface area contributed by atoms with Gasteiger partial charge in [0, 0.05) is 0 Å². The Morgan fingerprint density at radius 2 is 1.54 bits per heavy atom. The second kappa shape index (κ2) is 16.0. The Balaban J connectivity index is 4.07. The van der Waals surface area contributed by atoms with Crippen LogP contribution in [0.2, 0.25) is 12.1 Å². The maximum absolute atomic E-state index is 2.43. The van der Waals surface area contributed by atoms with Crippen molar-refractivity contribution in [1.82, 2.24) is 0 Å². The first-order valence-corrected chi connectivity index (χ1v) is 12.7. The second-order valence-electron chi connectivity index (χ2n) is 8.20. The predicted molar refractivity (Wildman–Crippen MR) is 125 cm³/mol. The van der Waals surface area contributed by atoms with Gasteiger partial charge in [-0.15, -0.1) is 0 Å². The first-order valence-electron chi connectivity index (χ1n) is 10.6. The van der Waals surface area contributed by atoms with Gasteiger partial charge in [0.25, 0.3) is 0 Å². The Morgan fingerprint density at radius 1 is 0.833 bits per heavy atom. The molecule has 0 aromatic rings. The van der Waals surface area contributed by atoms with E-state index in [0.29, 0.717) is 0 Å². The quantitative estimate of drug-likeness (QED) is 0.208. The van der Waals surface area contributed by atoms with Crippen LogP contribution in [0, 0.1) is 11.8 Å². The van der Waals surface area contributed by atoms with E-state index in [0.717, 1.165) is 28.2 Å². The van der Waals surface area contributed by atoms with Gasteiger partial charge in [0.05, 0.1) is 0 Å². The Labute approximate surface area is 164 Å². The summed E-state index contributed by atoms with van der Waals surface area (Å²) in [6.45, 7) is 19.3. The van der Waals surface area contributed by atoms with Gasteiger partial charge in [0.1, 0.15) is 0 Å². The second-order valence-corrected chi connectivity index (χ2v) is 11.4. The lowest BCUT2D eigenvalue weighted by Crippen LogP contribution is -2.11. The van der Waals surface area contributed by atoms with Crippen LogP contribution in [-0.4, -0.2) is 23.6 Å². The molecule has 142 valence electrons. The zero-order chi connectivity index (χ0) is 18.4. The number of rotatable bonds is 16. The number of hydrogen-bond donors (Lipinski definition) is 0. The third-order valence-corrected chi connectivity index (χ3v) is 7.95. The predicted octanol–water partition coefficient (Wildman–Crippen LogP) is 7.20. The van der Waals surface area contributed by atoms with E-state index < -0.39 is 0 Å². The van der Waals surface area contributed by atoms with Crippen molar-refractivity contribution in [2.24, 2.45) is 11.8 Å². The highest BCUT2D eigenvalue weighted by atomic mass is 32.2. The molecule has 0 aliphatic carbocycles. The third kappa shape index (κ3) is 14.0. The summed E-state index contributed by atoms with van der Waals surface area (Å²) in [7, 11) is 0. The Hall–Kier alpha value is 0.830. The molecule has 0 spiro atoms. The van der Waals surface area contributed by atoms with Crippen molar-refractivity contribution in [2.45, 2.75) is 116 Å². The molecule has 0 rings (SSSR count). The fraction of sp³-hybridized carbons (Fsp3) is 1.00. The SMILES string of the molecule is CCCC(BSC(C)CC)CCCC(CCBSC(C)C)C(C)C.